The third kappa shape index (κ3) is 3.89. The number of aliphatic imine (C=N–C) groups is 1. The third-order valence-corrected chi connectivity index (χ3v) is 3.93. The molecule has 134 valence electrons. The van der Waals surface area contributed by atoms with E-state index in [1.807, 2.05) is 19.9 Å². The lowest BCUT2D eigenvalue weighted by Gasteiger charge is -2.11. The van der Waals surface area contributed by atoms with Crippen molar-refractivity contribution in [3.63, 3.8) is 0 Å². The van der Waals surface area contributed by atoms with Crippen molar-refractivity contribution in [2.75, 3.05) is 13.2 Å². The fraction of sp³-hybridized carbons (Fsp3) is 0.200. The number of halogens is 1. The summed E-state index contributed by atoms with van der Waals surface area (Å²) < 4.78 is 16.4. The molecule has 0 radical (unpaired) electrons. The fourth-order valence-electron chi connectivity index (χ4n) is 2.47. The summed E-state index contributed by atoms with van der Waals surface area (Å²) >= 11 is 6.14. The highest BCUT2D eigenvalue weighted by atomic mass is 35.5. The summed E-state index contributed by atoms with van der Waals surface area (Å²) in [6.45, 7) is 4.86. The van der Waals surface area contributed by atoms with Gasteiger partial charge in [-0.2, -0.15) is 0 Å². The fourth-order valence-corrected chi connectivity index (χ4v) is 2.69. The van der Waals surface area contributed by atoms with Gasteiger partial charge in [0.25, 0.3) is 0 Å². The zero-order valence-electron chi connectivity index (χ0n) is 14.5. The van der Waals surface area contributed by atoms with Crippen molar-refractivity contribution in [3.05, 3.63) is 64.3 Å². The Hall–Kier alpha value is -2.79. The van der Waals surface area contributed by atoms with Gasteiger partial charge in [0, 0.05) is 0 Å². The van der Waals surface area contributed by atoms with Gasteiger partial charge in [-0.3, -0.25) is 0 Å². The molecule has 0 saturated heterocycles. The lowest BCUT2D eigenvalue weighted by molar-refractivity contribution is -0.129. The van der Waals surface area contributed by atoms with Crippen LogP contribution in [-0.2, 0) is 9.53 Å². The molecule has 1 heterocycles. The summed E-state index contributed by atoms with van der Waals surface area (Å²) in [6, 6.07) is 12.5. The molecule has 0 saturated carbocycles. The minimum atomic E-state index is -0.522. The molecule has 0 N–H and O–H groups in total. The van der Waals surface area contributed by atoms with E-state index in [9.17, 15) is 4.79 Å². The highest BCUT2D eigenvalue weighted by Gasteiger charge is 2.25. The zero-order valence-corrected chi connectivity index (χ0v) is 15.2. The van der Waals surface area contributed by atoms with Gasteiger partial charge in [0.1, 0.15) is 0 Å². The van der Waals surface area contributed by atoms with Gasteiger partial charge in [-0.15, -0.1) is 0 Å². The lowest BCUT2D eigenvalue weighted by atomic mass is 10.1. The predicted octanol–water partition coefficient (Wildman–Crippen LogP) is 4.48. The highest BCUT2D eigenvalue weighted by Crippen LogP contribution is 2.30. The average molecular weight is 372 g/mol. The number of hydrogen-bond acceptors (Lipinski definition) is 5. The predicted molar refractivity (Wildman–Crippen MR) is 101 cm³/mol. The molecule has 2 aromatic carbocycles. The lowest BCUT2D eigenvalue weighted by Crippen LogP contribution is -2.05. The second-order valence-corrected chi connectivity index (χ2v) is 5.80. The Kier molecular flexibility index (Phi) is 5.58. The summed E-state index contributed by atoms with van der Waals surface area (Å²) in [5.41, 5.74) is 1.53. The van der Waals surface area contributed by atoms with Crippen LogP contribution < -0.4 is 9.47 Å². The van der Waals surface area contributed by atoms with Crippen molar-refractivity contribution in [1.82, 2.24) is 0 Å². The summed E-state index contributed by atoms with van der Waals surface area (Å²) in [5.74, 6) is 0.950. The van der Waals surface area contributed by atoms with Crippen LogP contribution in [0.1, 0.15) is 25.0 Å². The van der Waals surface area contributed by atoms with Gasteiger partial charge in [-0.05, 0) is 49.8 Å². The van der Waals surface area contributed by atoms with Crippen molar-refractivity contribution in [2.45, 2.75) is 13.8 Å². The topological polar surface area (TPSA) is 57.1 Å². The average Bonchev–Trinajstić information content (AvgIpc) is 2.98. The van der Waals surface area contributed by atoms with E-state index in [-0.39, 0.29) is 11.6 Å². The van der Waals surface area contributed by atoms with Crippen molar-refractivity contribution >= 4 is 29.5 Å². The van der Waals surface area contributed by atoms with Gasteiger partial charge in [0.2, 0.25) is 5.90 Å². The highest BCUT2D eigenvalue weighted by molar-refractivity contribution is 6.34. The molecule has 0 unspecified atom stereocenters. The Bertz CT molecular complexity index is 889. The normalized spacial score (nSPS) is 15.0. The number of rotatable bonds is 6. The number of ether oxygens (including phenoxy) is 3. The molecule has 0 fully saturated rings. The number of hydrogen-bond donors (Lipinski definition) is 0. The Morgan fingerprint density at radius 3 is 2.54 bits per heavy atom. The van der Waals surface area contributed by atoms with Gasteiger partial charge < -0.3 is 14.2 Å². The summed E-state index contributed by atoms with van der Waals surface area (Å²) in [5, 5.41) is 0.472. The van der Waals surface area contributed by atoms with Crippen LogP contribution in [0.15, 0.2) is 53.2 Å². The Morgan fingerprint density at radius 2 is 1.81 bits per heavy atom. The van der Waals surface area contributed by atoms with E-state index in [0.717, 1.165) is 5.56 Å². The van der Waals surface area contributed by atoms with Gasteiger partial charge in [-0.25, -0.2) is 9.79 Å². The summed E-state index contributed by atoms with van der Waals surface area (Å²) in [4.78, 5) is 16.4. The maximum atomic E-state index is 12.1. The Labute approximate surface area is 156 Å². The first-order valence-corrected chi connectivity index (χ1v) is 8.67. The van der Waals surface area contributed by atoms with E-state index in [4.69, 9.17) is 25.8 Å². The first kappa shape index (κ1) is 18.0. The van der Waals surface area contributed by atoms with E-state index in [1.165, 1.54) is 0 Å². The van der Waals surface area contributed by atoms with E-state index >= 15 is 0 Å². The number of esters is 1. The quantitative estimate of drug-likeness (QED) is 0.555. The van der Waals surface area contributed by atoms with E-state index < -0.39 is 5.97 Å². The molecular weight excluding hydrogens is 354 g/mol. The van der Waals surface area contributed by atoms with Crippen molar-refractivity contribution in [2.24, 2.45) is 4.99 Å². The van der Waals surface area contributed by atoms with Crippen LogP contribution in [0, 0.1) is 0 Å². The van der Waals surface area contributed by atoms with Gasteiger partial charge in [0.15, 0.2) is 17.2 Å². The Balaban J connectivity index is 1.93. The number of benzene rings is 2. The van der Waals surface area contributed by atoms with Gasteiger partial charge >= 0.3 is 5.97 Å². The smallest absolute Gasteiger partial charge is 0.363 e. The largest absolute Gasteiger partial charge is 0.490 e. The molecule has 0 aromatic heterocycles. The molecule has 0 atom stereocenters. The third-order valence-electron chi connectivity index (χ3n) is 3.60. The van der Waals surface area contributed by atoms with E-state index in [1.54, 1.807) is 42.5 Å². The molecular formula is C20H18ClNO4. The van der Waals surface area contributed by atoms with Gasteiger partial charge in [0.05, 0.1) is 23.8 Å². The molecule has 0 amide bonds. The molecule has 5 nitrogen and oxygen atoms in total. The second kappa shape index (κ2) is 8.06. The van der Waals surface area contributed by atoms with Crippen molar-refractivity contribution in [1.29, 1.82) is 0 Å². The van der Waals surface area contributed by atoms with Crippen molar-refractivity contribution in [3.8, 4) is 11.5 Å². The van der Waals surface area contributed by atoms with E-state index in [0.29, 0.717) is 35.3 Å². The molecule has 26 heavy (non-hydrogen) atoms. The second-order valence-electron chi connectivity index (χ2n) is 5.39. The maximum Gasteiger partial charge on any atom is 0.363 e. The maximum absolute atomic E-state index is 12.1. The van der Waals surface area contributed by atoms with Crippen LogP contribution in [0.5, 0.6) is 11.5 Å². The van der Waals surface area contributed by atoms with Crippen LogP contribution in [-0.4, -0.2) is 25.1 Å². The van der Waals surface area contributed by atoms with Gasteiger partial charge in [-0.1, -0.05) is 29.8 Å². The number of carbonyl (C=O) groups excluding carboxylic acids is 1. The molecule has 1 aliphatic heterocycles. The standard InChI is InChI=1S/C20H18ClNO4/c1-3-24-17-10-9-13(12-18(17)25-4-2)11-16-20(23)26-19(22-16)14-7-5-6-8-15(14)21/h5-12H,3-4H2,1-2H3/b16-11+. The molecule has 3 rings (SSSR count). The number of cyclic esters (lactones) is 1. The summed E-state index contributed by atoms with van der Waals surface area (Å²) in [7, 11) is 0. The zero-order chi connectivity index (χ0) is 18.5. The molecule has 2 aromatic rings. The van der Waals surface area contributed by atoms with Crippen molar-refractivity contribution < 1.29 is 19.0 Å². The van der Waals surface area contributed by atoms with Crippen LogP contribution in [0.3, 0.4) is 0 Å². The molecule has 6 heteroatoms. The summed E-state index contributed by atoms with van der Waals surface area (Å²) in [6.07, 6.45) is 1.64. The molecule has 1 aliphatic rings. The Morgan fingerprint density at radius 1 is 1.08 bits per heavy atom. The SMILES string of the molecule is CCOc1ccc(/C=C2/N=C(c3ccccc3Cl)OC2=O)cc1OCC. The minimum absolute atomic E-state index is 0.197. The molecule has 0 bridgehead atoms. The molecule has 0 aliphatic carbocycles. The monoisotopic (exact) mass is 371 g/mol. The van der Waals surface area contributed by atoms with Crippen LogP contribution in [0.2, 0.25) is 5.02 Å². The van der Waals surface area contributed by atoms with Crippen LogP contribution in [0.4, 0.5) is 0 Å². The van der Waals surface area contributed by atoms with E-state index in [2.05, 4.69) is 4.99 Å². The minimum Gasteiger partial charge on any atom is -0.490 e. The molecule has 0 spiro atoms. The first-order chi connectivity index (χ1) is 12.6. The van der Waals surface area contributed by atoms with Crippen LogP contribution >= 0.6 is 11.6 Å². The van der Waals surface area contributed by atoms with Crippen LogP contribution in [0.25, 0.3) is 6.08 Å². The number of nitrogens with zero attached hydrogens (tertiary/aromatic N) is 1. The first-order valence-electron chi connectivity index (χ1n) is 8.29. The number of carbonyl (C=O) groups is 1.